The molecule has 6 heteroatoms. The van der Waals surface area contributed by atoms with Gasteiger partial charge >= 0.3 is 0 Å². The van der Waals surface area contributed by atoms with Crippen LogP contribution in [0, 0.1) is 0 Å². The number of hydrogen-bond acceptors (Lipinski definition) is 5. The highest BCUT2D eigenvalue weighted by molar-refractivity contribution is 5.97. The number of rotatable bonds is 4. The third kappa shape index (κ3) is 4.03. The van der Waals surface area contributed by atoms with Crippen LogP contribution in [0.5, 0.6) is 0 Å². The van der Waals surface area contributed by atoms with Gasteiger partial charge in [0.1, 0.15) is 11.9 Å². The molecule has 0 bridgehead atoms. The number of likely N-dealkylation sites (tertiary alicyclic amines) is 1. The third-order valence-electron chi connectivity index (χ3n) is 5.89. The van der Waals surface area contributed by atoms with Gasteiger partial charge in [0.25, 0.3) is 5.91 Å². The second-order valence-electron chi connectivity index (χ2n) is 7.89. The molecule has 2 N–H and O–H groups in total. The molecule has 1 aromatic heterocycles. The van der Waals surface area contributed by atoms with Gasteiger partial charge in [-0.2, -0.15) is 0 Å². The summed E-state index contributed by atoms with van der Waals surface area (Å²) >= 11 is 0. The summed E-state index contributed by atoms with van der Waals surface area (Å²) in [4.78, 5) is 21.2. The third-order valence-corrected chi connectivity index (χ3v) is 5.89. The van der Waals surface area contributed by atoms with Crippen molar-refractivity contribution in [3.63, 3.8) is 0 Å². The van der Waals surface area contributed by atoms with Gasteiger partial charge in [0.2, 0.25) is 0 Å². The van der Waals surface area contributed by atoms with Gasteiger partial charge in [-0.25, -0.2) is 4.98 Å². The van der Waals surface area contributed by atoms with E-state index in [2.05, 4.69) is 9.88 Å². The zero-order chi connectivity index (χ0) is 19.6. The van der Waals surface area contributed by atoms with Crippen LogP contribution in [0.15, 0.2) is 48.7 Å². The predicted octanol–water partition coefficient (Wildman–Crippen LogP) is 2.49. The number of ether oxygens (including phenoxy) is 1. The van der Waals surface area contributed by atoms with Crippen molar-refractivity contribution < 1.29 is 9.53 Å². The Bertz CT molecular complexity index is 801. The summed E-state index contributed by atoms with van der Waals surface area (Å²) in [6.07, 6.45) is 4.30. The summed E-state index contributed by atoms with van der Waals surface area (Å²) in [6.45, 7) is 5.46. The van der Waals surface area contributed by atoms with E-state index in [-0.39, 0.29) is 11.5 Å². The molecule has 28 heavy (non-hydrogen) atoms. The summed E-state index contributed by atoms with van der Waals surface area (Å²) in [7, 11) is 0. The Morgan fingerprint density at radius 2 is 1.93 bits per heavy atom. The van der Waals surface area contributed by atoms with Gasteiger partial charge in [0.05, 0.1) is 12.1 Å². The quantitative estimate of drug-likeness (QED) is 0.882. The van der Waals surface area contributed by atoms with Gasteiger partial charge < -0.3 is 20.3 Å². The summed E-state index contributed by atoms with van der Waals surface area (Å²) in [5, 5.41) is 0. The molecule has 3 heterocycles. The van der Waals surface area contributed by atoms with Crippen molar-refractivity contribution in [2.45, 2.75) is 37.9 Å². The highest BCUT2D eigenvalue weighted by Crippen LogP contribution is 2.35. The van der Waals surface area contributed by atoms with Crippen LogP contribution in [0.4, 0.5) is 11.5 Å². The molecule has 0 aliphatic carbocycles. The van der Waals surface area contributed by atoms with Gasteiger partial charge in [-0.1, -0.05) is 24.3 Å². The number of carbonyl (C=O) groups is 1. The second kappa shape index (κ2) is 7.89. The molecule has 2 aliphatic rings. The van der Waals surface area contributed by atoms with Crippen molar-refractivity contribution in [2.24, 2.45) is 0 Å². The van der Waals surface area contributed by atoms with E-state index >= 15 is 0 Å². The first kappa shape index (κ1) is 18.9. The van der Waals surface area contributed by atoms with E-state index in [0.717, 1.165) is 44.6 Å². The molecule has 148 valence electrons. The number of nitrogens with zero attached hydrogens (tertiary/aromatic N) is 3. The lowest BCUT2D eigenvalue weighted by molar-refractivity contribution is -0.161. The second-order valence-corrected chi connectivity index (χ2v) is 7.89. The molecule has 2 fully saturated rings. The number of para-hydroxylation sites is 1. The first-order chi connectivity index (χ1) is 13.5. The monoisotopic (exact) mass is 380 g/mol. The Kier molecular flexibility index (Phi) is 5.33. The molecular weight excluding hydrogens is 352 g/mol. The topological polar surface area (TPSA) is 71.7 Å². The minimum Gasteiger partial charge on any atom is -0.384 e. The fourth-order valence-corrected chi connectivity index (χ4v) is 4.21. The van der Waals surface area contributed by atoms with Crippen LogP contribution in [-0.2, 0) is 16.0 Å². The number of piperidine rings is 1. The molecule has 2 saturated heterocycles. The molecule has 6 nitrogen and oxygen atoms in total. The molecule has 1 spiro atoms. The molecule has 1 atom stereocenters. The minimum atomic E-state index is -0.402. The molecule has 2 aliphatic heterocycles. The highest BCUT2D eigenvalue weighted by atomic mass is 16.5. The van der Waals surface area contributed by atoms with Crippen LogP contribution in [0.1, 0.15) is 25.3 Å². The average Bonchev–Trinajstić information content (AvgIpc) is 2.72. The minimum absolute atomic E-state index is 0.0510. The number of nitrogen functional groups attached to an aromatic ring is 1. The first-order valence-electron chi connectivity index (χ1n) is 10.0. The summed E-state index contributed by atoms with van der Waals surface area (Å²) < 4.78 is 6.26. The largest absolute Gasteiger partial charge is 0.384 e. The lowest BCUT2D eigenvalue weighted by Gasteiger charge is -2.49. The van der Waals surface area contributed by atoms with Crippen LogP contribution in [0.25, 0.3) is 0 Å². The number of hydrogen-bond donors (Lipinski definition) is 1. The van der Waals surface area contributed by atoms with Crippen LogP contribution < -0.4 is 10.6 Å². The first-order valence-corrected chi connectivity index (χ1v) is 10.0. The number of aromatic nitrogens is 1. The van der Waals surface area contributed by atoms with Crippen molar-refractivity contribution in [3.05, 3.63) is 54.2 Å². The zero-order valence-corrected chi connectivity index (χ0v) is 16.4. The number of anilines is 2. The fraction of sp³-hybridized carbons (Fsp3) is 0.455. The average molecular weight is 380 g/mol. The molecule has 0 radical (unpaired) electrons. The summed E-state index contributed by atoms with van der Waals surface area (Å²) in [5.41, 5.74) is 7.57. The van der Waals surface area contributed by atoms with E-state index in [4.69, 9.17) is 10.5 Å². The van der Waals surface area contributed by atoms with Crippen molar-refractivity contribution in [1.29, 1.82) is 0 Å². The van der Waals surface area contributed by atoms with E-state index in [1.165, 1.54) is 5.56 Å². The summed E-state index contributed by atoms with van der Waals surface area (Å²) in [6, 6.07) is 13.8. The smallest absolute Gasteiger partial charge is 0.255 e. The maximum absolute atomic E-state index is 12.7. The van der Waals surface area contributed by atoms with E-state index in [9.17, 15) is 4.79 Å². The van der Waals surface area contributed by atoms with Crippen molar-refractivity contribution in [1.82, 2.24) is 9.88 Å². The molecule has 2 aromatic rings. The van der Waals surface area contributed by atoms with Crippen LogP contribution in [0.2, 0.25) is 0 Å². The normalized spacial score (nSPS) is 22.5. The maximum Gasteiger partial charge on any atom is 0.255 e. The van der Waals surface area contributed by atoms with Gasteiger partial charge in [0, 0.05) is 31.5 Å². The van der Waals surface area contributed by atoms with Crippen molar-refractivity contribution >= 4 is 17.4 Å². The molecule has 4 rings (SSSR count). The fourth-order valence-electron chi connectivity index (χ4n) is 4.21. The number of benzene rings is 1. The van der Waals surface area contributed by atoms with Crippen molar-refractivity contribution in [2.75, 3.05) is 36.8 Å². The van der Waals surface area contributed by atoms with E-state index < -0.39 is 6.10 Å². The van der Waals surface area contributed by atoms with Gasteiger partial charge in [0.15, 0.2) is 0 Å². The number of pyridine rings is 1. The van der Waals surface area contributed by atoms with Crippen LogP contribution >= 0.6 is 0 Å². The lowest BCUT2D eigenvalue weighted by Crippen LogP contribution is -2.61. The Morgan fingerprint density at radius 3 is 2.61 bits per heavy atom. The van der Waals surface area contributed by atoms with Crippen LogP contribution in [-0.4, -0.2) is 53.7 Å². The Morgan fingerprint density at radius 1 is 1.18 bits per heavy atom. The predicted molar refractivity (Wildman–Crippen MR) is 110 cm³/mol. The van der Waals surface area contributed by atoms with Crippen LogP contribution in [0.3, 0.4) is 0 Å². The van der Waals surface area contributed by atoms with Gasteiger partial charge in [-0.05, 0) is 49.9 Å². The van der Waals surface area contributed by atoms with Gasteiger partial charge in [-0.15, -0.1) is 0 Å². The number of nitrogens with two attached hydrogens (primary N) is 1. The van der Waals surface area contributed by atoms with E-state index in [0.29, 0.717) is 12.4 Å². The zero-order valence-electron chi connectivity index (χ0n) is 16.4. The Labute approximate surface area is 166 Å². The van der Waals surface area contributed by atoms with E-state index in [1.54, 1.807) is 0 Å². The molecular formula is C22H28N4O2. The molecule has 1 amide bonds. The lowest BCUT2D eigenvalue weighted by atomic mass is 9.88. The molecule has 1 unspecified atom stereocenters. The summed E-state index contributed by atoms with van der Waals surface area (Å²) in [5.74, 6) is 0.611. The number of morpholine rings is 1. The van der Waals surface area contributed by atoms with Gasteiger partial charge in [-0.3, -0.25) is 4.79 Å². The Hall–Kier alpha value is -2.44. The SMILES string of the molecule is CC1OC2(CCN(CCc3ccc(N)nc3)CC2)CN(c2ccccc2)C1=O. The molecule has 0 saturated carbocycles. The maximum atomic E-state index is 12.7. The number of carbonyl (C=O) groups excluding carboxylic acids is 1. The van der Waals surface area contributed by atoms with Crippen molar-refractivity contribution in [3.8, 4) is 0 Å². The van der Waals surface area contributed by atoms with E-state index in [1.807, 2.05) is 60.5 Å². The highest BCUT2D eigenvalue weighted by Gasteiger charge is 2.45. The Balaban J connectivity index is 1.37. The molecule has 1 aromatic carbocycles. The number of amides is 1. The standard InChI is InChI=1S/C22H28N4O2/c1-17-21(27)26(19-5-3-2-4-6-19)16-22(28-17)10-13-25(14-11-22)12-9-18-7-8-20(23)24-15-18/h2-8,15,17H,9-14,16H2,1H3,(H2,23,24).